The number of aryl methyl sites for hydroxylation is 1. The lowest BCUT2D eigenvalue weighted by molar-refractivity contribution is -0.111. The van der Waals surface area contributed by atoms with Gasteiger partial charge in [0.2, 0.25) is 11.9 Å². The first-order valence-electron chi connectivity index (χ1n) is 13.1. The first-order valence-corrected chi connectivity index (χ1v) is 14.7. The maximum atomic E-state index is 12.3. The van der Waals surface area contributed by atoms with Gasteiger partial charge >= 0.3 is 0 Å². The molecule has 2 aromatic heterocycles. The number of hydrogen-bond acceptors (Lipinski definition) is 9. The summed E-state index contributed by atoms with van der Waals surface area (Å²) in [6.07, 6.45) is 4.89. The Morgan fingerprint density at radius 2 is 1.90 bits per heavy atom. The molecule has 1 amide bonds. The normalized spacial score (nSPS) is 11.5. The Hall–Kier alpha value is -4.46. The zero-order chi connectivity index (χ0) is 30.4. The van der Waals surface area contributed by atoms with Gasteiger partial charge in [0.1, 0.15) is 5.75 Å². The average Bonchev–Trinajstić information content (AvgIpc) is 3.31. The smallest absolute Gasteiger partial charge is 0.266 e. The Labute approximate surface area is 245 Å². The quantitative estimate of drug-likeness (QED) is 0.155. The van der Waals surface area contributed by atoms with Gasteiger partial charge in [-0.2, -0.15) is 8.42 Å². The number of carbonyl (C=O) groups excluding carboxylic acids is 1. The van der Waals surface area contributed by atoms with Crippen LogP contribution < -0.4 is 20.3 Å². The van der Waals surface area contributed by atoms with Crippen molar-refractivity contribution in [3.63, 3.8) is 0 Å². The summed E-state index contributed by atoms with van der Waals surface area (Å²) < 4.78 is 38.9. The van der Waals surface area contributed by atoms with Crippen LogP contribution in [0.5, 0.6) is 5.75 Å². The van der Waals surface area contributed by atoms with Crippen molar-refractivity contribution in [3.8, 4) is 17.0 Å². The molecule has 42 heavy (non-hydrogen) atoms. The van der Waals surface area contributed by atoms with E-state index in [0.717, 1.165) is 22.2 Å². The number of anilines is 4. The van der Waals surface area contributed by atoms with Crippen LogP contribution in [0.2, 0.25) is 0 Å². The van der Waals surface area contributed by atoms with Crippen molar-refractivity contribution >= 4 is 49.9 Å². The third kappa shape index (κ3) is 7.43. The number of aromatic nitrogens is 3. The molecule has 0 bridgehead atoms. The van der Waals surface area contributed by atoms with Gasteiger partial charge in [0.05, 0.1) is 35.6 Å². The topological polar surface area (TPSA) is 142 Å². The summed E-state index contributed by atoms with van der Waals surface area (Å²) in [5.74, 6) is 0.0973. The van der Waals surface area contributed by atoms with Crippen LogP contribution >= 0.6 is 0 Å². The summed E-state index contributed by atoms with van der Waals surface area (Å²) in [7, 11) is 3.10. The Bertz CT molecular complexity index is 1700. The molecule has 12 nitrogen and oxygen atoms in total. The second-order valence-corrected chi connectivity index (χ2v) is 11.4. The first-order chi connectivity index (χ1) is 20.0. The van der Waals surface area contributed by atoms with Crippen LogP contribution in [0, 0.1) is 0 Å². The number of methoxy groups -OCH3 is 1. The molecule has 0 aliphatic rings. The van der Waals surface area contributed by atoms with E-state index in [2.05, 4.69) is 38.9 Å². The van der Waals surface area contributed by atoms with Crippen molar-refractivity contribution in [1.82, 2.24) is 19.4 Å². The minimum Gasteiger partial charge on any atom is -0.494 e. The molecule has 2 heterocycles. The molecule has 4 rings (SSSR count). The maximum Gasteiger partial charge on any atom is 0.266 e. The number of likely N-dealkylation sites (N-methyl/N-ethyl adjacent to an activating group) is 2. The fourth-order valence-electron chi connectivity index (χ4n) is 4.49. The second kappa shape index (κ2) is 13.0. The van der Waals surface area contributed by atoms with Crippen LogP contribution in [0.25, 0.3) is 22.2 Å². The monoisotopic (exact) mass is 593 g/mol. The number of hydrogen-bond donors (Lipinski definition) is 3. The van der Waals surface area contributed by atoms with Gasteiger partial charge in [0.25, 0.3) is 10.1 Å². The third-order valence-electron chi connectivity index (χ3n) is 6.80. The maximum absolute atomic E-state index is 12.3. The van der Waals surface area contributed by atoms with E-state index in [0.29, 0.717) is 41.8 Å². The van der Waals surface area contributed by atoms with Crippen LogP contribution in [0.1, 0.15) is 0 Å². The van der Waals surface area contributed by atoms with E-state index >= 15 is 0 Å². The summed E-state index contributed by atoms with van der Waals surface area (Å²) >= 11 is 0. The molecule has 222 valence electrons. The lowest BCUT2D eigenvalue weighted by Gasteiger charge is -2.26. The van der Waals surface area contributed by atoms with Crippen molar-refractivity contribution in [2.45, 2.75) is 0 Å². The molecule has 3 N–H and O–H groups in total. The lowest BCUT2D eigenvalue weighted by Crippen LogP contribution is -2.34. The molecule has 0 aliphatic heterocycles. The molecule has 2 aromatic carbocycles. The Morgan fingerprint density at radius 3 is 2.62 bits per heavy atom. The number of rotatable bonds is 13. The van der Waals surface area contributed by atoms with E-state index in [-0.39, 0.29) is 18.2 Å². The van der Waals surface area contributed by atoms with Crippen molar-refractivity contribution in [3.05, 3.63) is 67.5 Å². The highest BCUT2D eigenvalue weighted by Gasteiger charge is 2.18. The highest BCUT2D eigenvalue weighted by atomic mass is 32.2. The predicted molar refractivity (Wildman–Crippen MR) is 166 cm³/mol. The Balaban J connectivity index is 1.62. The van der Waals surface area contributed by atoms with Gasteiger partial charge in [-0.25, -0.2) is 9.97 Å². The molecule has 4 aromatic rings. The summed E-state index contributed by atoms with van der Waals surface area (Å²) in [6.45, 7) is 4.72. The third-order valence-corrected chi connectivity index (χ3v) is 7.49. The summed E-state index contributed by atoms with van der Waals surface area (Å²) in [4.78, 5) is 25.2. The molecule has 0 radical (unpaired) electrons. The molecule has 0 spiro atoms. The number of benzene rings is 2. The molecule has 0 saturated heterocycles. The van der Waals surface area contributed by atoms with E-state index in [1.165, 1.54) is 6.08 Å². The number of fused-ring (bicyclic) bond motifs is 1. The largest absolute Gasteiger partial charge is 0.494 e. The van der Waals surface area contributed by atoms with Crippen molar-refractivity contribution in [2.24, 2.45) is 7.05 Å². The van der Waals surface area contributed by atoms with E-state index in [4.69, 9.17) is 14.3 Å². The van der Waals surface area contributed by atoms with E-state index in [9.17, 15) is 13.2 Å². The van der Waals surface area contributed by atoms with Gasteiger partial charge in [-0.15, -0.1) is 0 Å². The van der Waals surface area contributed by atoms with Crippen molar-refractivity contribution < 1.29 is 22.5 Å². The highest BCUT2D eigenvalue weighted by Crippen LogP contribution is 2.38. The summed E-state index contributed by atoms with van der Waals surface area (Å²) in [5.41, 5.74) is 4.52. The fraction of sp³-hybridized carbons (Fsp3) is 0.276. The van der Waals surface area contributed by atoms with Crippen LogP contribution in [0.15, 0.2) is 67.5 Å². The van der Waals surface area contributed by atoms with Crippen LogP contribution in [-0.4, -0.2) is 84.9 Å². The van der Waals surface area contributed by atoms with Crippen molar-refractivity contribution in [1.29, 1.82) is 0 Å². The zero-order valence-corrected chi connectivity index (χ0v) is 24.9. The average molecular weight is 594 g/mol. The molecule has 0 atom stereocenters. The molecule has 0 unspecified atom stereocenters. The highest BCUT2D eigenvalue weighted by molar-refractivity contribution is 7.85. The van der Waals surface area contributed by atoms with Gasteiger partial charge in [-0.05, 0) is 31.3 Å². The SMILES string of the molecule is C=CC(=O)Nc1cc(Nc2nccc(-c3cn(C)c4ccccc34)n2)c(OC)cc1N(C)CCN(C)CCS(=O)(=O)O. The molecular weight excluding hydrogens is 558 g/mol. The second-order valence-electron chi connectivity index (χ2n) is 9.84. The number of nitrogens with zero attached hydrogens (tertiary/aromatic N) is 5. The number of para-hydroxylation sites is 1. The van der Waals surface area contributed by atoms with E-state index in [1.807, 2.05) is 43.4 Å². The molecule has 0 aliphatic carbocycles. The number of nitrogens with one attached hydrogen (secondary N) is 2. The van der Waals surface area contributed by atoms with Crippen LogP contribution in [0.3, 0.4) is 0 Å². The first kappa shape index (κ1) is 30.5. The molecular formula is C29H35N7O5S. The standard InChI is InChI=1S/C29H35N7O5S/c1-6-28(37)31-23-17-24(27(41-5)18-26(23)35(3)14-13-34(2)15-16-42(38,39)40)33-29-30-12-11-22(32-29)21-19-36(4)25-10-8-7-9-20(21)25/h6-12,17-19H,1,13-16H2,2-5H3,(H,31,37)(H,30,32,33)(H,38,39,40). The van der Waals surface area contributed by atoms with Crippen molar-refractivity contribution in [2.75, 3.05) is 62.1 Å². The van der Waals surface area contributed by atoms with Gasteiger partial charge in [-0.3, -0.25) is 9.35 Å². The summed E-state index contributed by atoms with van der Waals surface area (Å²) in [6, 6.07) is 13.5. The minimum absolute atomic E-state index is 0.177. The van der Waals surface area contributed by atoms with E-state index in [1.54, 1.807) is 37.4 Å². The Morgan fingerprint density at radius 1 is 1.14 bits per heavy atom. The van der Waals surface area contributed by atoms with Gasteiger partial charge in [0, 0.05) is 68.7 Å². The van der Waals surface area contributed by atoms with Gasteiger partial charge < -0.3 is 29.7 Å². The number of amides is 1. The molecule has 0 fully saturated rings. The predicted octanol–water partition coefficient (Wildman–Crippen LogP) is 3.77. The van der Waals surface area contributed by atoms with E-state index < -0.39 is 10.1 Å². The Kier molecular flexibility index (Phi) is 9.45. The molecule has 0 saturated carbocycles. The summed E-state index contributed by atoms with van der Waals surface area (Å²) in [5, 5.41) is 7.15. The lowest BCUT2D eigenvalue weighted by atomic mass is 10.1. The number of ether oxygens (including phenoxy) is 1. The zero-order valence-electron chi connectivity index (χ0n) is 24.0. The molecule has 13 heteroatoms. The fourth-order valence-corrected chi connectivity index (χ4v) is 5.04. The van der Waals surface area contributed by atoms with Gasteiger partial charge in [-0.1, -0.05) is 24.8 Å². The minimum atomic E-state index is -4.05. The number of carbonyl (C=O) groups is 1. The van der Waals surface area contributed by atoms with Gasteiger partial charge in [0.15, 0.2) is 0 Å². The van der Waals surface area contributed by atoms with Crippen LogP contribution in [-0.2, 0) is 22.0 Å². The van der Waals surface area contributed by atoms with Crippen LogP contribution in [0.4, 0.5) is 23.0 Å².